The summed E-state index contributed by atoms with van der Waals surface area (Å²) in [7, 11) is -3.96. The molecule has 0 saturated heterocycles. The number of sulfone groups is 1. The summed E-state index contributed by atoms with van der Waals surface area (Å²) in [6.07, 6.45) is 0.924. The van der Waals surface area contributed by atoms with E-state index in [1.807, 2.05) is 45.0 Å². The maximum Gasteiger partial charge on any atom is 0.243 e. The topological polar surface area (TPSA) is 118 Å². The highest BCUT2D eigenvalue weighted by molar-refractivity contribution is 7.92. The standard InChI is InChI=1S/C34H38ClN5O4S/c1-6-28(45(42,43)27-17-15-26(16-18-27)44-20-19-22(2)23-11-8-7-9-12-23)33(41)36-25-14-10-13-24(21-25)31-37-32-29(35)30(34(3,4)5)38-40(32)39-31/h7-18,21-22,28,38H,6,19-20H2,1-5H3,(H,36,41). The zero-order chi connectivity index (χ0) is 32.4. The predicted molar refractivity (Wildman–Crippen MR) is 178 cm³/mol. The molecule has 0 saturated carbocycles. The number of hydrogen-bond acceptors (Lipinski definition) is 6. The second kappa shape index (κ2) is 13.1. The summed E-state index contributed by atoms with van der Waals surface area (Å²) in [5.41, 5.74) is 3.43. The van der Waals surface area contributed by atoms with Crippen molar-refractivity contribution >= 4 is 38.7 Å². The van der Waals surface area contributed by atoms with Crippen LogP contribution in [0.15, 0.2) is 83.8 Å². The zero-order valence-electron chi connectivity index (χ0n) is 26.0. The van der Waals surface area contributed by atoms with Gasteiger partial charge in [0.2, 0.25) is 5.91 Å². The predicted octanol–water partition coefficient (Wildman–Crippen LogP) is 7.44. The third-order valence-corrected chi connectivity index (χ3v) is 10.3. The number of hydrogen-bond donors (Lipinski definition) is 2. The lowest BCUT2D eigenvalue weighted by Crippen LogP contribution is -2.34. The summed E-state index contributed by atoms with van der Waals surface area (Å²) in [4.78, 5) is 18.0. The molecule has 5 rings (SSSR count). The molecule has 9 nitrogen and oxygen atoms in total. The van der Waals surface area contributed by atoms with Crippen molar-refractivity contribution in [3.8, 4) is 17.1 Å². The van der Waals surface area contributed by atoms with E-state index in [0.717, 1.165) is 12.1 Å². The fraction of sp³-hybridized carbons (Fsp3) is 0.324. The summed E-state index contributed by atoms with van der Waals surface area (Å²) in [5.74, 6) is 0.703. The SMILES string of the molecule is CCC(C(=O)Nc1cccc(-c2nc3c(Cl)c(C(C)(C)C)[nH]n3n2)c1)S(=O)(=O)c1ccc(OCCC(C)c2ccccc2)cc1. The Morgan fingerprint density at radius 3 is 2.40 bits per heavy atom. The first-order chi connectivity index (χ1) is 21.4. The average molecular weight is 648 g/mol. The van der Waals surface area contributed by atoms with Crippen LogP contribution in [0.2, 0.25) is 5.02 Å². The first-order valence-corrected chi connectivity index (χ1v) is 16.9. The number of aromatic nitrogens is 4. The molecule has 2 N–H and O–H groups in total. The summed E-state index contributed by atoms with van der Waals surface area (Å²) < 4.78 is 34.4. The molecule has 0 spiro atoms. The smallest absolute Gasteiger partial charge is 0.243 e. The number of nitrogens with one attached hydrogen (secondary N) is 2. The van der Waals surface area contributed by atoms with Crippen molar-refractivity contribution in [2.75, 3.05) is 11.9 Å². The van der Waals surface area contributed by atoms with Crippen LogP contribution in [0.4, 0.5) is 5.69 Å². The molecule has 2 unspecified atom stereocenters. The molecule has 0 aliphatic rings. The molecule has 2 atom stereocenters. The third kappa shape index (κ3) is 7.07. The molecule has 0 aliphatic heterocycles. The molecule has 0 fully saturated rings. The van der Waals surface area contributed by atoms with E-state index in [9.17, 15) is 13.2 Å². The van der Waals surface area contributed by atoms with Gasteiger partial charge in [-0.25, -0.2) is 13.4 Å². The van der Waals surface area contributed by atoms with E-state index in [2.05, 4.69) is 39.6 Å². The first kappa shape index (κ1) is 32.2. The number of benzene rings is 3. The fourth-order valence-electron chi connectivity index (χ4n) is 5.11. The zero-order valence-corrected chi connectivity index (χ0v) is 27.6. The largest absolute Gasteiger partial charge is 0.494 e. The van der Waals surface area contributed by atoms with Gasteiger partial charge in [-0.05, 0) is 60.7 Å². The first-order valence-electron chi connectivity index (χ1n) is 15.0. The summed E-state index contributed by atoms with van der Waals surface area (Å²) in [5, 5.41) is 9.70. The molecule has 0 bridgehead atoms. The number of carbonyl (C=O) groups is 1. The minimum absolute atomic E-state index is 0.0621. The number of carbonyl (C=O) groups excluding carboxylic acids is 1. The second-order valence-electron chi connectivity index (χ2n) is 12.2. The minimum atomic E-state index is -3.96. The molecule has 11 heteroatoms. The molecular weight excluding hydrogens is 610 g/mol. The lowest BCUT2D eigenvalue weighted by molar-refractivity contribution is -0.115. The Morgan fingerprint density at radius 1 is 1.04 bits per heavy atom. The highest BCUT2D eigenvalue weighted by Gasteiger charge is 2.33. The van der Waals surface area contributed by atoms with Crippen molar-refractivity contribution < 1.29 is 17.9 Å². The van der Waals surface area contributed by atoms with E-state index in [4.69, 9.17) is 16.3 Å². The fourth-order valence-corrected chi connectivity index (χ4v) is 7.19. The Morgan fingerprint density at radius 2 is 1.76 bits per heavy atom. The van der Waals surface area contributed by atoms with Crippen molar-refractivity contribution in [1.29, 1.82) is 0 Å². The van der Waals surface area contributed by atoms with Crippen molar-refractivity contribution in [3.63, 3.8) is 0 Å². The highest BCUT2D eigenvalue weighted by Crippen LogP contribution is 2.32. The Hall–Kier alpha value is -4.15. The van der Waals surface area contributed by atoms with Crippen LogP contribution in [0.1, 0.15) is 64.6 Å². The number of H-pyrrole nitrogens is 1. The van der Waals surface area contributed by atoms with Crippen LogP contribution >= 0.6 is 11.6 Å². The molecule has 2 heterocycles. The van der Waals surface area contributed by atoms with Crippen LogP contribution in [0.5, 0.6) is 5.75 Å². The quantitative estimate of drug-likeness (QED) is 0.154. The van der Waals surface area contributed by atoms with E-state index in [1.54, 1.807) is 37.3 Å². The van der Waals surface area contributed by atoms with Crippen LogP contribution in [0.25, 0.3) is 17.0 Å². The molecular formula is C34H38ClN5O4S. The Bertz CT molecular complexity index is 1890. The van der Waals surface area contributed by atoms with E-state index >= 15 is 0 Å². The van der Waals surface area contributed by atoms with Crippen molar-refractivity contribution in [2.45, 2.75) is 68.9 Å². The van der Waals surface area contributed by atoms with Gasteiger partial charge in [-0.3, -0.25) is 9.89 Å². The van der Waals surface area contributed by atoms with E-state index in [1.165, 1.54) is 22.3 Å². The van der Waals surface area contributed by atoms with Crippen LogP contribution in [0.3, 0.4) is 0 Å². The Kier molecular flexibility index (Phi) is 9.36. The summed E-state index contributed by atoms with van der Waals surface area (Å²) in [6, 6.07) is 23.4. The van der Waals surface area contributed by atoms with E-state index < -0.39 is 21.0 Å². The van der Waals surface area contributed by atoms with Crippen molar-refractivity contribution in [1.82, 2.24) is 19.8 Å². The molecule has 2 aromatic heterocycles. The van der Waals surface area contributed by atoms with Gasteiger partial charge in [-0.2, -0.15) is 4.63 Å². The van der Waals surface area contributed by atoms with Crippen LogP contribution in [-0.2, 0) is 20.0 Å². The van der Waals surface area contributed by atoms with Gasteiger partial charge in [-0.15, -0.1) is 5.10 Å². The number of halogens is 1. The number of aromatic amines is 1. The molecule has 3 aromatic carbocycles. The lowest BCUT2D eigenvalue weighted by atomic mass is 9.92. The molecule has 0 aliphatic carbocycles. The van der Waals surface area contributed by atoms with Gasteiger partial charge in [-0.1, -0.05) is 88.7 Å². The van der Waals surface area contributed by atoms with Gasteiger partial charge in [0.15, 0.2) is 21.3 Å². The van der Waals surface area contributed by atoms with E-state index in [-0.39, 0.29) is 16.7 Å². The van der Waals surface area contributed by atoms with Gasteiger partial charge in [0.05, 0.1) is 17.2 Å². The Labute approximate surface area is 268 Å². The van der Waals surface area contributed by atoms with Crippen LogP contribution < -0.4 is 10.1 Å². The van der Waals surface area contributed by atoms with Crippen molar-refractivity contribution in [3.05, 3.63) is 95.1 Å². The van der Waals surface area contributed by atoms with Gasteiger partial charge in [0.1, 0.15) is 16.0 Å². The van der Waals surface area contributed by atoms with Gasteiger partial charge >= 0.3 is 0 Å². The third-order valence-electron chi connectivity index (χ3n) is 7.76. The number of nitrogens with zero attached hydrogens (tertiary/aromatic N) is 3. The Balaban J connectivity index is 1.24. The lowest BCUT2D eigenvalue weighted by Gasteiger charge is -2.17. The van der Waals surface area contributed by atoms with Crippen molar-refractivity contribution in [2.24, 2.45) is 0 Å². The maximum absolute atomic E-state index is 13.5. The number of rotatable bonds is 11. The van der Waals surface area contributed by atoms with Gasteiger partial charge in [0.25, 0.3) is 0 Å². The summed E-state index contributed by atoms with van der Waals surface area (Å²) >= 11 is 6.57. The monoisotopic (exact) mass is 647 g/mol. The molecule has 236 valence electrons. The number of amides is 1. The van der Waals surface area contributed by atoms with Crippen LogP contribution in [0, 0.1) is 0 Å². The number of fused-ring (bicyclic) bond motifs is 1. The molecule has 5 aromatic rings. The number of ether oxygens (including phenoxy) is 1. The second-order valence-corrected chi connectivity index (χ2v) is 14.7. The highest BCUT2D eigenvalue weighted by atomic mass is 35.5. The number of anilines is 1. The van der Waals surface area contributed by atoms with E-state index in [0.29, 0.717) is 46.0 Å². The molecule has 0 radical (unpaired) electrons. The normalized spacial score (nSPS) is 13.5. The summed E-state index contributed by atoms with van der Waals surface area (Å²) in [6.45, 7) is 10.4. The molecule has 45 heavy (non-hydrogen) atoms. The van der Waals surface area contributed by atoms with Gasteiger partial charge in [0, 0.05) is 16.7 Å². The van der Waals surface area contributed by atoms with Gasteiger partial charge < -0.3 is 10.1 Å². The average Bonchev–Trinajstić information content (AvgIpc) is 3.57. The van der Waals surface area contributed by atoms with Crippen LogP contribution in [-0.4, -0.2) is 46.0 Å². The minimum Gasteiger partial charge on any atom is -0.494 e. The maximum atomic E-state index is 13.5. The molecule has 1 amide bonds.